The number of urea groups is 1. The van der Waals surface area contributed by atoms with Crippen LogP contribution in [0.3, 0.4) is 0 Å². The molecule has 0 radical (unpaired) electrons. The molecule has 2 aliphatic rings. The molecule has 7 heteroatoms. The number of rotatable bonds is 5. The number of hydrogen-bond donors (Lipinski definition) is 1. The number of likely N-dealkylation sites (tertiary alicyclic amines) is 1. The van der Waals surface area contributed by atoms with Crippen molar-refractivity contribution in [2.45, 2.75) is 44.4 Å². The number of amides is 4. The second kappa shape index (κ2) is 8.98. The maximum Gasteiger partial charge on any atom is 0.410 e. The van der Waals surface area contributed by atoms with E-state index in [0.717, 1.165) is 23.3 Å². The number of para-hydroxylation sites is 1. The molecular formula is C23H25N3O4. The highest BCUT2D eigenvalue weighted by atomic mass is 16.6. The first-order valence-corrected chi connectivity index (χ1v) is 10.3. The lowest BCUT2D eigenvalue weighted by Gasteiger charge is -2.29. The highest BCUT2D eigenvalue weighted by Gasteiger charge is 2.40. The minimum Gasteiger partial charge on any atom is -0.445 e. The van der Waals surface area contributed by atoms with Gasteiger partial charge in [0, 0.05) is 12.6 Å². The quantitative estimate of drug-likeness (QED) is 0.820. The Bertz CT molecular complexity index is 899. The summed E-state index contributed by atoms with van der Waals surface area (Å²) in [5.74, 6) is -0.409. The zero-order valence-corrected chi connectivity index (χ0v) is 16.7. The molecule has 0 bridgehead atoms. The summed E-state index contributed by atoms with van der Waals surface area (Å²) < 4.78 is 5.43. The third kappa shape index (κ3) is 4.62. The molecule has 1 saturated carbocycles. The van der Waals surface area contributed by atoms with E-state index in [1.807, 2.05) is 36.4 Å². The number of benzene rings is 2. The SMILES string of the molecule is O=C(NC1CC1)N(C(=O)C1CCCN1C(=O)OCc1ccccc1)c1ccccc1. The van der Waals surface area contributed by atoms with Crippen LogP contribution >= 0.6 is 0 Å². The van der Waals surface area contributed by atoms with Crippen LogP contribution in [0.1, 0.15) is 31.2 Å². The summed E-state index contributed by atoms with van der Waals surface area (Å²) in [6, 6.07) is 17.2. The molecule has 0 aromatic heterocycles. The lowest BCUT2D eigenvalue weighted by Crippen LogP contribution is -2.53. The third-order valence-electron chi connectivity index (χ3n) is 5.32. The van der Waals surface area contributed by atoms with Crippen LogP contribution in [-0.2, 0) is 16.1 Å². The van der Waals surface area contributed by atoms with Crippen LogP contribution in [0.2, 0.25) is 0 Å². The Kier molecular flexibility index (Phi) is 5.97. The average molecular weight is 407 g/mol. The molecule has 156 valence electrons. The van der Waals surface area contributed by atoms with E-state index in [1.165, 1.54) is 4.90 Å². The molecule has 4 amide bonds. The van der Waals surface area contributed by atoms with Gasteiger partial charge in [0.15, 0.2) is 0 Å². The number of nitrogens with one attached hydrogen (secondary N) is 1. The Morgan fingerprint density at radius 2 is 1.63 bits per heavy atom. The van der Waals surface area contributed by atoms with Crippen molar-refractivity contribution in [3.8, 4) is 0 Å². The van der Waals surface area contributed by atoms with Crippen LogP contribution in [-0.4, -0.2) is 41.6 Å². The average Bonchev–Trinajstić information content (AvgIpc) is 3.44. The molecule has 0 spiro atoms. The van der Waals surface area contributed by atoms with Crippen LogP contribution in [0.15, 0.2) is 60.7 Å². The minimum atomic E-state index is -0.724. The van der Waals surface area contributed by atoms with Crippen LogP contribution < -0.4 is 10.2 Å². The third-order valence-corrected chi connectivity index (χ3v) is 5.32. The molecule has 1 N–H and O–H groups in total. The first-order chi connectivity index (χ1) is 14.6. The summed E-state index contributed by atoms with van der Waals surface area (Å²) >= 11 is 0. The largest absolute Gasteiger partial charge is 0.445 e. The van der Waals surface area contributed by atoms with Crippen molar-refractivity contribution in [1.29, 1.82) is 0 Å². The van der Waals surface area contributed by atoms with Crippen molar-refractivity contribution in [3.05, 3.63) is 66.2 Å². The Morgan fingerprint density at radius 3 is 2.30 bits per heavy atom. The first kappa shape index (κ1) is 19.9. The minimum absolute atomic E-state index is 0.118. The van der Waals surface area contributed by atoms with Gasteiger partial charge in [-0.1, -0.05) is 48.5 Å². The van der Waals surface area contributed by atoms with Gasteiger partial charge in [0.05, 0.1) is 5.69 Å². The fourth-order valence-corrected chi connectivity index (χ4v) is 3.58. The van der Waals surface area contributed by atoms with Crippen molar-refractivity contribution >= 4 is 23.7 Å². The van der Waals surface area contributed by atoms with Crippen molar-refractivity contribution < 1.29 is 19.1 Å². The fourth-order valence-electron chi connectivity index (χ4n) is 3.58. The van der Waals surface area contributed by atoms with E-state index in [-0.39, 0.29) is 12.6 Å². The van der Waals surface area contributed by atoms with E-state index in [9.17, 15) is 14.4 Å². The smallest absolute Gasteiger partial charge is 0.410 e. The summed E-state index contributed by atoms with van der Waals surface area (Å²) in [5, 5.41) is 2.88. The Balaban J connectivity index is 1.48. The van der Waals surface area contributed by atoms with Crippen LogP contribution in [0.4, 0.5) is 15.3 Å². The van der Waals surface area contributed by atoms with Gasteiger partial charge in [-0.05, 0) is 43.4 Å². The van der Waals surface area contributed by atoms with E-state index in [0.29, 0.717) is 25.1 Å². The van der Waals surface area contributed by atoms with Crippen molar-refractivity contribution in [2.75, 3.05) is 11.4 Å². The number of carbonyl (C=O) groups excluding carboxylic acids is 3. The van der Waals surface area contributed by atoms with Gasteiger partial charge in [-0.3, -0.25) is 9.69 Å². The van der Waals surface area contributed by atoms with Crippen LogP contribution in [0.5, 0.6) is 0 Å². The van der Waals surface area contributed by atoms with Gasteiger partial charge in [-0.25, -0.2) is 14.5 Å². The van der Waals surface area contributed by atoms with E-state index < -0.39 is 24.1 Å². The zero-order chi connectivity index (χ0) is 20.9. The summed E-state index contributed by atoms with van der Waals surface area (Å²) in [7, 11) is 0. The van der Waals surface area contributed by atoms with Gasteiger partial charge in [-0.2, -0.15) is 0 Å². The van der Waals surface area contributed by atoms with E-state index in [2.05, 4.69) is 5.32 Å². The molecule has 2 aromatic carbocycles. The molecule has 7 nitrogen and oxygen atoms in total. The molecule has 1 saturated heterocycles. The molecular weight excluding hydrogens is 382 g/mol. The monoisotopic (exact) mass is 407 g/mol. The molecule has 2 aromatic rings. The normalized spacial score (nSPS) is 18.0. The molecule has 30 heavy (non-hydrogen) atoms. The second-order valence-electron chi connectivity index (χ2n) is 7.62. The number of imide groups is 1. The van der Waals surface area contributed by atoms with Crippen LogP contribution in [0.25, 0.3) is 0 Å². The van der Waals surface area contributed by atoms with Crippen molar-refractivity contribution in [3.63, 3.8) is 0 Å². The van der Waals surface area contributed by atoms with Crippen molar-refractivity contribution in [2.24, 2.45) is 0 Å². The molecule has 1 atom stereocenters. The topological polar surface area (TPSA) is 79.0 Å². The van der Waals surface area contributed by atoms with E-state index in [1.54, 1.807) is 24.3 Å². The van der Waals surface area contributed by atoms with Crippen LogP contribution in [0, 0.1) is 0 Å². The highest BCUT2D eigenvalue weighted by molar-refractivity contribution is 6.16. The Morgan fingerprint density at radius 1 is 0.967 bits per heavy atom. The van der Waals surface area contributed by atoms with Gasteiger partial charge in [-0.15, -0.1) is 0 Å². The van der Waals surface area contributed by atoms with Gasteiger partial charge >= 0.3 is 12.1 Å². The number of carbonyl (C=O) groups is 3. The number of anilines is 1. The van der Waals surface area contributed by atoms with Gasteiger partial charge in [0.25, 0.3) is 5.91 Å². The molecule has 1 aliphatic carbocycles. The Labute approximate surface area is 175 Å². The number of hydrogen-bond acceptors (Lipinski definition) is 4. The van der Waals surface area contributed by atoms with Crippen molar-refractivity contribution in [1.82, 2.24) is 10.2 Å². The summed E-state index contributed by atoms with van der Waals surface area (Å²) in [4.78, 5) is 41.5. The summed E-state index contributed by atoms with van der Waals surface area (Å²) in [6.45, 7) is 0.568. The maximum atomic E-state index is 13.4. The molecule has 1 unspecified atom stereocenters. The Hall–Kier alpha value is -3.35. The summed E-state index contributed by atoms with van der Waals surface area (Å²) in [5.41, 5.74) is 1.37. The fraction of sp³-hybridized carbons (Fsp3) is 0.348. The lowest BCUT2D eigenvalue weighted by atomic mass is 10.1. The van der Waals surface area contributed by atoms with E-state index in [4.69, 9.17) is 4.74 Å². The molecule has 1 aliphatic heterocycles. The molecule has 1 heterocycles. The standard InChI is InChI=1S/C23H25N3O4/c27-21(26(19-10-5-2-6-11-19)22(28)24-18-13-14-18)20-12-7-15-25(20)23(29)30-16-17-8-3-1-4-9-17/h1-6,8-11,18,20H,7,12-16H2,(H,24,28). The first-order valence-electron chi connectivity index (χ1n) is 10.3. The van der Waals surface area contributed by atoms with Gasteiger partial charge < -0.3 is 10.1 Å². The summed E-state index contributed by atoms with van der Waals surface area (Å²) in [6.07, 6.45) is 2.49. The predicted molar refractivity (Wildman–Crippen MR) is 112 cm³/mol. The predicted octanol–water partition coefficient (Wildman–Crippen LogP) is 3.69. The maximum absolute atomic E-state index is 13.4. The molecule has 2 fully saturated rings. The van der Waals surface area contributed by atoms with E-state index >= 15 is 0 Å². The second-order valence-corrected chi connectivity index (χ2v) is 7.62. The number of ether oxygens (including phenoxy) is 1. The lowest BCUT2D eigenvalue weighted by molar-refractivity contribution is -0.121. The van der Waals surface area contributed by atoms with Gasteiger partial charge in [0.2, 0.25) is 0 Å². The molecule has 4 rings (SSSR count). The zero-order valence-electron chi connectivity index (χ0n) is 16.7. The van der Waals surface area contributed by atoms with Gasteiger partial charge in [0.1, 0.15) is 12.6 Å². The number of nitrogens with zero attached hydrogens (tertiary/aromatic N) is 2. The highest BCUT2D eigenvalue weighted by Crippen LogP contribution is 2.25.